The molecule has 0 bridgehead atoms. The Hall–Kier alpha value is -3.31. The number of alkyl halides is 3. The van der Waals surface area contributed by atoms with Crippen LogP contribution in [-0.2, 0) is 14.8 Å². The normalized spacial score (nSPS) is 19.1. The van der Waals surface area contributed by atoms with E-state index in [1.807, 2.05) is 0 Å². The topological polar surface area (TPSA) is 156 Å². The summed E-state index contributed by atoms with van der Waals surface area (Å²) in [6.07, 6.45) is -2.20. The number of sulfonamides is 1. The number of rotatable bonds is 10. The second kappa shape index (κ2) is 10.5. The Balaban J connectivity index is 1.78. The first-order valence-corrected chi connectivity index (χ1v) is 12.8. The molecule has 206 valence electrons. The molecule has 3 aromatic heterocycles. The largest absolute Gasteiger partial charge is 0.479 e. The van der Waals surface area contributed by atoms with Gasteiger partial charge in [-0.25, -0.2) is 18.4 Å². The summed E-state index contributed by atoms with van der Waals surface area (Å²) in [6.45, 7) is 1.34. The number of halogens is 4. The first-order chi connectivity index (χ1) is 17.9. The highest BCUT2D eigenvalue weighted by atomic mass is 35.5. The van der Waals surface area contributed by atoms with E-state index in [-0.39, 0.29) is 40.5 Å². The van der Waals surface area contributed by atoms with E-state index in [4.69, 9.17) is 25.8 Å². The molecule has 1 aliphatic carbocycles. The van der Waals surface area contributed by atoms with Gasteiger partial charge in [0.1, 0.15) is 23.5 Å². The summed E-state index contributed by atoms with van der Waals surface area (Å²) in [5.74, 6) is -3.56. The van der Waals surface area contributed by atoms with Gasteiger partial charge in [-0.1, -0.05) is 11.6 Å². The van der Waals surface area contributed by atoms with Crippen molar-refractivity contribution in [1.29, 1.82) is 0 Å². The maximum Gasteiger partial charge on any atom is 0.392 e. The van der Waals surface area contributed by atoms with Crippen molar-refractivity contribution in [2.24, 2.45) is 5.92 Å². The zero-order chi connectivity index (χ0) is 27.8. The molecule has 3 aromatic rings. The average Bonchev–Trinajstić information content (AvgIpc) is 3.60. The molecule has 1 saturated carbocycles. The Morgan fingerprint density at radius 3 is 2.18 bits per heavy atom. The molecule has 1 aliphatic rings. The van der Waals surface area contributed by atoms with Crippen LogP contribution in [0.15, 0.2) is 18.7 Å². The Morgan fingerprint density at radius 2 is 1.68 bits per heavy atom. The molecule has 4 atom stereocenters. The van der Waals surface area contributed by atoms with Crippen LogP contribution in [0.3, 0.4) is 0 Å². The third kappa shape index (κ3) is 5.30. The third-order valence-corrected chi connectivity index (χ3v) is 7.78. The van der Waals surface area contributed by atoms with E-state index in [1.54, 1.807) is 0 Å². The first-order valence-electron chi connectivity index (χ1n) is 10.9. The third-order valence-electron chi connectivity index (χ3n) is 5.89. The minimum absolute atomic E-state index is 0.0442. The van der Waals surface area contributed by atoms with Gasteiger partial charge in [-0.05, 0) is 13.3 Å². The van der Waals surface area contributed by atoms with Crippen LogP contribution >= 0.6 is 11.6 Å². The van der Waals surface area contributed by atoms with Crippen molar-refractivity contribution in [2.45, 2.75) is 36.8 Å². The van der Waals surface area contributed by atoms with Crippen LogP contribution in [0, 0.1) is 5.92 Å². The molecule has 3 heterocycles. The molecule has 0 amide bonds. The van der Waals surface area contributed by atoms with Gasteiger partial charge in [0.2, 0.25) is 27.7 Å². The number of hydrogen-bond donors (Lipinski definition) is 1. The number of ether oxygens (including phenoxy) is 3. The van der Waals surface area contributed by atoms with Gasteiger partial charge in [-0.2, -0.15) is 23.1 Å². The van der Waals surface area contributed by atoms with E-state index in [0.717, 1.165) is 10.9 Å². The molecular weight excluding hydrogens is 557 g/mol. The number of aromatic nitrogens is 7. The van der Waals surface area contributed by atoms with E-state index in [1.165, 1.54) is 40.6 Å². The highest BCUT2D eigenvalue weighted by molar-refractivity contribution is 7.93. The van der Waals surface area contributed by atoms with Crippen LogP contribution in [0.2, 0.25) is 5.02 Å². The Bertz CT molecular complexity index is 1380. The van der Waals surface area contributed by atoms with Gasteiger partial charge >= 0.3 is 6.18 Å². The average molecular weight is 579 g/mol. The van der Waals surface area contributed by atoms with Gasteiger partial charge in [-0.3, -0.25) is 9.29 Å². The molecule has 38 heavy (non-hydrogen) atoms. The molecule has 0 unspecified atom stereocenters. The predicted molar refractivity (Wildman–Crippen MR) is 126 cm³/mol. The molecule has 0 saturated heterocycles. The molecule has 0 aliphatic heterocycles. The molecule has 4 rings (SSSR count). The van der Waals surface area contributed by atoms with Gasteiger partial charge < -0.3 is 14.2 Å². The lowest BCUT2D eigenvalue weighted by Crippen LogP contribution is -2.33. The minimum Gasteiger partial charge on any atom is -0.479 e. The quantitative estimate of drug-likeness (QED) is 0.377. The first kappa shape index (κ1) is 27.7. The molecule has 1 fully saturated rings. The van der Waals surface area contributed by atoms with E-state index in [0.29, 0.717) is 0 Å². The Labute approximate surface area is 219 Å². The van der Waals surface area contributed by atoms with Gasteiger partial charge in [0.15, 0.2) is 11.5 Å². The molecule has 0 spiro atoms. The van der Waals surface area contributed by atoms with Crippen molar-refractivity contribution in [3.8, 4) is 17.4 Å². The van der Waals surface area contributed by atoms with E-state index >= 15 is 0 Å². The predicted octanol–water partition coefficient (Wildman–Crippen LogP) is 2.70. The van der Waals surface area contributed by atoms with Gasteiger partial charge in [-0.15, -0.1) is 10.2 Å². The molecule has 0 aromatic carbocycles. The minimum atomic E-state index is -4.48. The molecule has 1 N–H and O–H groups in total. The van der Waals surface area contributed by atoms with Crippen molar-refractivity contribution in [1.82, 2.24) is 34.7 Å². The fourth-order valence-electron chi connectivity index (χ4n) is 3.86. The summed E-state index contributed by atoms with van der Waals surface area (Å²) in [7, 11) is -0.528. The standard InChI is InChI=1S/C20H22ClF3N8O5S/c1-9(14(35-2)15-25-6-10(21)7-26-15)38(33,34)31-19-30-29-16(11-5-12(11)20(22,23)24)32(19)13-17(36-3)27-8-28-18(13)37-4/h6-9,11-12,14H,5H2,1-4H3,(H,30,31)/t9-,11+,12-,14-/m0/s1. The number of nitrogens with zero attached hydrogens (tertiary/aromatic N) is 7. The van der Waals surface area contributed by atoms with E-state index in [9.17, 15) is 21.6 Å². The maximum atomic E-state index is 13.4. The lowest BCUT2D eigenvalue weighted by atomic mass is 10.2. The number of hydrogen-bond acceptors (Lipinski definition) is 11. The highest BCUT2D eigenvalue weighted by Gasteiger charge is 2.58. The van der Waals surface area contributed by atoms with Crippen LogP contribution in [0.5, 0.6) is 11.8 Å². The van der Waals surface area contributed by atoms with E-state index < -0.39 is 45.3 Å². The maximum absolute atomic E-state index is 13.4. The SMILES string of the molecule is COc1ncnc(OC)c1-n1c(NS(=O)(=O)[C@@H](C)[C@H](OC)c2ncc(Cl)cn2)nnc1[C@@H]1C[C@@H]1C(F)(F)F. The van der Waals surface area contributed by atoms with Gasteiger partial charge in [0, 0.05) is 25.4 Å². The van der Waals surface area contributed by atoms with Gasteiger partial charge in [0.25, 0.3) is 0 Å². The van der Waals surface area contributed by atoms with Crippen LogP contribution in [0.1, 0.15) is 37.0 Å². The van der Waals surface area contributed by atoms with Crippen molar-refractivity contribution < 1.29 is 35.8 Å². The summed E-state index contributed by atoms with van der Waals surface area (Å²) in [6, 6.07) is 0. The second-order valence-electron chi connectivity index (χ2n) is 8.22. The van der Waals surface area contributed by atoms with Crippen LogP contribution in [0.4, 0.5) is 19.1 Å². The van der Waals surface area contributed by atoms with Crippen molar-refractivity contribution in [2.75, 3.05) is 26.1 Å². The number of nitrogens with one attached hydrogen (secondary N) is 1. The summed E-state index contributed by atoms with van der Waals surface area (Å²) < 4.78 is 86.3. The van der Waals surface area contributed by atoms with Crippen LogP contribution in [-0.4, -0.2) is 75.9 Å². The fraction of sp³-hybridized carbons (Fsp3) is 0.500. The lowest BCUT2D eigenvalue weighted by molar-refractivity contribution is -0.148. The summed E-state index contributed by atoms with van der Waals surface area (Å²) in [5, 5.41) is 6.69. The number of methoxy groups -OCH3 is 3. The number of anilines is 1. The van der Waals surface area contributed by atoms with Crippen molar-refractivity contribution >= 4 is 27.6 Å². The molecule has 18 heteroatoms. The van der Waals surface area contributed by atoms with Crippen LogP contribution in [0.25, 0.3) is 5.69 Å². The second-order valence-corrected chi connectivity index (χ2v) is 10.7. The molecule has 13 nitrogen and oxygen atoms in total. The zero-order valence-electron chi connectivity index (χ0n) is 20.3. The smallest absolute Gasteiger partial charge is 0.392 e. The van der Waals surface area contributed by atoms with E-state index in [2.05, 4.69) is 34.9 Å². The zero-order valence-corrected chi connectivity index (χ0v) is 21.9. The molecular formula is C20H22ClF3N8O5S. The summed E-state index contributed by atoms with van der Waals surface area (Å²) in [4.78, 5) is 16.0. The summed E-state index contributed by atoms with van der Waals surface area (Å²) in [5.41, 5.74) is -0.0833. The monoisotopic (exact) mass is 578 g/mol. The lowest BCUT2D eigenvalue weighted by Gasteiger charge is -2.22. The van der Waals surface area contributed by atoms with Crippen molar-refractivity contribution in [3.05, 3.63) is 35.4 Å². The van der Waals surface area contributed by atoms with Gasteiger partial charge in [0.05, 0.1) is 25.2 Å². The Kier molecular flexibility index (Phi) is 7.62. The fourth-order valence-corrected chi connectivity index (χ4v) is 5.09. The Morgan fingerprint density at radius 1 is 1.08 bits per heavy atom. The summed E-state index contributed by atoms with van der Waals surface area (Å²) >= 11 is 5.82. The molecule has 0 radical (unpaired) electrons. The van der Waals surface area contributed by atoms with Crippen LogP contribution < -0.4 is 14.2 Å². The highest BCUT2D eigenvalue weighted by Crippen LogP contribution is 2.56. The van der Waals surface area contributed by atoms with Crippen molar-refractivity contribution in [3.63, 3.8) is 0 Å².